The van der Waals surface area contributed by atoms with Gasteiger partial charge in [-0.15, -0.1) is 12.4 Å². The molecule has 2 atom stereocenters. The molecule has 2 heteroatoms. The van der Waals surface area contributed by atoms with Crippen molar-refractivity contribution in [3.63, 3.8) is 0 Å². The SMILES string of the molecule is CC(C)CCC[C@@H](C)C[C@@H]1CCCCN1.Cl. The van der Waals surface area contributed by atoms with Crippen molar-refractivity contribution in [1.82, 2.24) is 5.32 Å². The average Bonchev–Trinajstić information content (AvgIpc) is 2.18. The molecule has 0 bridgehead atoms. The van der Waals surface area contributed by atoms with Crippen molar-refractivity contribution in [3.8, 4) is 0 Å². The Balaban J connectivity index is 0.00000225. The van der Waals surface area contributed by atoms with E-state index in [4.69, 9.17) is 0 Å². The predicted octanol–water partition coefficient (Wildman–Crippen LogP) is 4.40. The molecule has 1 rings (SSSR count). The number of hydrogen-bond donors (Lipinski definition) is 1. The first kappa shape index (κ1) is 16.2. The predicted molar refractivity (Wildman–Crippen MR) is 75.4 cm³/mol. The zero-order valence-electron chi connectivity index (χ0n) is 11.3. The number of hydrogen-bond acceptors (Lipinski definition) is 1. The monoisotopic (exact) mass is 247 g/mol. The lowest BCUT2D eigenvalue weighted by Crippen LogP contribution is -2.35. The Bertz CT molecular complexity index is 153. The Kier molecular flexibility index (Phi) is 9.44. The molecule has 0 amide bonds. The fraction of sp³-hybridized carbons (Fsp3) is 1.00. The molecule has 98 valence electrons. The summed E-state index contributed by atoms with van der Waals surface area (Å²) in [7, 11) is 0. The van der Waals surface area contributed by atoms with E-state index in [1.54, 1.807) is 0 Å². The van der Waals surface area contributed by atoms with E-state index in [-0.39, 0.29) is 12.4 Å². The van der Waals surface area contributed by atoms with Crippen LogP contribution in [0.3, 0.4) is 0 Å². The van der Waals surface area contributed by atoms with Crippen LogP contribution in [0.4, 0.5) is 0 Å². The maximum Gasteiger partial charge on any atom is 0.00696 e. The molecule has 0 aromatic heterocycles. The zero-order chi connectivity index (χ0) is 11.1. The second-order valence-electron chi connectivity index (χ2n) is 5.81. The third kappa shape index (κ3) is 7.51. The van der Waals surface area contributed by atoms with Gasteiger partial charge in [0.15, 0.2) is 0 Å². The molecular weight excluding hydrogens is 218 g/mol. The normalized spacial score (nSPS) is 22.9. The summed E-state index contributed by atoms with van der Waals surface area (Å²) in [5, 5.41) is 3.65. The van der Waals surface area contributed by atoms with Crippen LogP contribution in [0, 0.1) is 11.8 Å². The zero-order valence-corrected chi connectivity index (χ0v) is 12.1. The standard InChI is InChI=1S/C14H29N.ClH/c1-12(2)7-6-8-13(3)11-14-9-4-5-10-15-14;/h12-15H,4-11H2,1-3H3;1H/t13-,14+;/m1./s1. The molecule has 16 heavy (non-hydrogen) atoms. The highest BCUT2D eigenvalue weighted by Crippen LogP contribution is 2.20. The van der Waals surface area contributed by atoms with Crippen molar-refractivity contribution in [2.75, 3.05) is 6.54 Å². The number of nitrogens with one attached hydrogen (secondary N) is 1. The maximum atomic E-state index is 3.65. The summed E-state index contributed by atoms with van der Waals surface area (Å²) in [6.45, 7) is 8.33. The largest absolute Gasteiger partial charge is 0.314 e. The molecule has 1 nitrogen and oxygen atoms in total. The van der Waals surface area contributed by atoms with Gasteiger partial charge in [-0.05, 0) is 37.6 Å². The van der Waals surface area contributed by atoms with Crippen LogP contribution < -0.4 is 5.32 Å². The minimum absolute atomic E-state index is 0. The smallest absolute Gasteiger partial charge is 0.00696 e. The van der Waals surface area contributed by atoms with Crippen molar-refractivity contribution in [2.24, 2.45) is 11.8 Å². The van der Waals surface area contributed by atoms with Crippen molar-refractivity contribution < 1.29 is 0 Å². The lowest BCUT2D eigenvalue weighted by atomic mass is 9.91. The Morgan fingerprint density at radius 1 is 1.12 bits per heavy atom. The van der Waals surface area contributed by atoms with E-state index in [0.717, 1.165) is 17.9 Å². The molecule has 0 aliphatic carbocycles. The van der Waals surface area contributed by atoms with Crippen molar-refractivity contribution >= 4 is 12.4 Å². The first-order valence-electron chi connectivity index (χ1n) is 6.92. The molecule has 1 aliphatic heterocycles. The van der Waals surface area contributed by atoms with Crippen LogP contribution in [0.2, 0.25) is 0 Å². The van der Waals surface area contributed by atoms with Gasteiger partial charge in [0.1, 0.15) is 0 Å². The summed E-state index contributed by atoms with van der Waals surface area (Å²) in [5.74, 6) is 1.80. The molecule has 1 N–H and O–H groups in total. The quantitative estimate of drug-likeness (QED) is 0.734. The fourth-order valence-electron chi connectivity index (χ4n) is 2.60. The third-order valence-corrected chi connectivity index (χ3v) is 3.58. The first-order chi connectivity index (χ1) is 7.18. The second-order valence-corrected chi connectivity index (χ2v) is 5.81. The Labute approximate surface area is 108 Å². The van der Waals surface area contributed by atoms with Crippen LogP contribution in [0.1, 0.15) is 65.7 Å². The van der Waals surface area contributed by atoms with Gasteiger partial charge in [0.2, 0.25) is 0 Å². The maximum absolute atomic E-state index is 3.65. The first-order valence-corrected chi connectivity index (χ1v) is 6.92. The van der Waals surface area contributed by atoms with Gasteiger partial charge >= 0.3 is 0 Å². The van der Waals surface area contributed by atoms with Gasteiger partial charge in [-0.3, -0.25) is 0 Å². The van der Waals surface area contributed by atoms with E-state index in [1.165, 1.54) is 51.5 Å². The van der Waals surface area contributed by atoms with Crippen molar-refractivity contribution in [2.45, 2.75) is 71.8 Å². The average molecular weight is 248 g/mol. The molecule has 1 fully saturated rings. The fourth-order valence-corrected chi connectivity index (χ4v) is 2.60. The highest BCUT2D eigenvalue weighted by molar-refractivity contribution is 5.85. The molecule has 0 aromatic rings. The van der Waals surface area contributed by atoms with Crippen LogP contribution in [-0.4, -0.2) is 12.6 Å². The van der Waals surface area contributed by atoms with Gasteiger partial charge in [-0.1, -0.05) is 46.5 Å². The molecule has 0 unspecified atom stereocenters. The van der Waals surface area contributed by atoms with Crippen molar-refractivity contribution in [3.05, 3.63) is 0 Å². The number of piperidine rings is 1. The van der Waals surface area contributed by atoms with E-state index >= 15 is 0 Å². The summed E-state index contributed by atoms with van der Waals surface area (Å²) in [5.41, 5.74) is 0. The van der Waals surface area contributed by atoms with Gasteiger partial charge in [0, 0.05) is 6.04 Å². The van der Waals surface area contributed by atoms with E-state index in [2.05, 4.69) is 26.1 Å². The van der Waals surface area contributed by atoms with Crippen LogP contribution in [0.5, 0.6) is 0 Å². The summed E-state index contributed by atoms with van der Waals surface area (Å²) < 4.78 is 0. The van der Waals surface area contributed by atoms with Crippen LogP contribution in [0.15, 0.2) is 0 Å². The number of halogens is 1. The summed E-state index contributed by atoms with van der Waals surface area (Å²) in [4.78, 5) is 0. The molecule has 1 aliphatic rings. The Morgan fingerprint density at radius 3 is 2.44 bits per heavy atom. The van der Waals surface area contributed by atoms with E-state index in [1.807, 2.05) is 0 Å². The Hall–Kier alpha value is 0.250. The second kappa shape index (κ2) is 9.30. The van der Waals surface area contributed by atoms with E-state index in [0.29, 0.717) is 0 Å². The molecule has 0 aromatic carbocycles. The molecule has 0 spiro atoms. The van der Waals surface area contributed by atoms with Crippen molar-refractivity contribution in [1.29, 1.82) is 0 Å². The minimum Gasteiger partial charge on any atom is -0.314 e. The van der Waals surface area contributed by atoms with Gasteiger partial charge in [-0.2, -0.15) is 0 Å². The number of rotatable bonds is 6. The molecule has 0 saturated carbocycles. The Morgan fingerprint density at radius 2 is 1.88 bits per heavy atom. The van der Waals surface area contributed by atoms with Crippen LogP contribution in [0.25, 0.3) is 0 Å². The molecular formula is C14H30ClN. The third-order valence-electron chi connectivity index (χ3n) is 3.58. The summed E-state index contributed by atoms with van der Waals surface area (Å²) in [6.07, 6.45) is 9.89. The molecule has 1 saturated heterocycles. The molecule has 0 radical (unpaired) electrons. The van der Waals surface area contributed by atoms with E-state index < -0.39 is 0 Å². The van der Waals surface area contributed by atoms with Gasteiger partial charge < -0.3 is 5.32 Å². The highest BCUT2D eigenvalue weighted by atomic mass is 35.5. The van der Waals surface area contributed by atoms with Gasteiger partial charge in [-0.25, -0.2) is 0 Å². The molecule has 1 heterocycles. The summed E-state index contributed by atoms with van der Waals surface area (Å²) >= 11 is 0. The highest BCUT2D eigenvalue weighted by Gasteiger charge is 2.15. The lowest BCUT2D eigenvalue weighted by Gasteiger charge is -2.26. The van der Waals surface area contributed by atoms with Crippen LogP contribution >= 0.6 is 12.4 Å². The minimum atomic E-state index is 0. The lowest BCUT2D eigenvalue weighted by molar-refractivity contribution is 0.321. The van der Waals surface area contributed by atoms with Gasteiger partial charge in [0.25, 0.3) is 0 Å². The van der Waals surface area contributed by atoms with Crippen LogP contribution in [-0.2, 0) is 0 Å². The van der Waals surface area contributed by atoms with E-state index in [9.17, 15) is 0 Å². The van der Waals surface area contributed by atoms with Gasteiger partial charge in [0.05, 0.1) is 0 Å². The summed E-state index contributed by atoms with van der Waals surface area (Å²) in [6, 6.07) is 0.827. The topological polar surface area (TPSA) is 12.0 Å².